The van der Waals surface area contributed by atoms with Gasteiger partial charge in [-0.3, -0.25) is 14.3 Å². The van der Waals surface area contributed by atoms with E-state index in [0.29, 0.717) is 16.1 Å². The molecule has 0 fully saturated rings. The molecule has 2 aliphatic rings. The Morgan fingerprint density at radius 2 is 1.83 bits per heavy atom. The molecular weight excluding hydrogens is 326 g/mol. The van der Waals surface area contributed by atoms with E-state index in [1.165, 1.54) is 0 Å². The van der Waals surface area contributed by atoms with E-state index < -0.39 is 11.2 Å². The molecule has 0 spiro atoms. The van der Waals surface area contributed by atoms with Crippen molar-refractivity contribution in [2.24, 2.45) is 0 Å². The maximum Gasteiger partial charge on any atom is 0.349 e. The molecule has 24 heavy (non-hydrogen) atoms. The van der Waals surface area contributed by atoms with Crippen LogP contribution in [0, 0.1) is 6.92 Å². The van der Waals surface area contributed by atoms with Crippen LogP contribution in [0.3, 0.4) is 0 Å². The standard InChI is InChI=1S/C18H12ClN3O2/c1-10-5-7-12(8-6-10)22-15-11(3-2-4-14(15)19)9-13-16(22)20-18(24)21-17(13)23/h2-9H,1H3,(H,21,23,24). The Hall–Kier alpha value is -2.92. The number of benzene rings is 2. The van der Waals surface area contributed by atoms with Gasteiger partial charge in [-0.05, 0) is 31.2 Å². The Kier molecular flexibility index (Phi) is 3.25. The number of pyridine rings is 1. The van der Waals surface area contributed by atoms with E-state index in [4.69, 9.17) is 11.6 Å². The number of para-hydroxylation sites is 1. The molecule has 118 valence electrons. The number of aromatic amines is 1. The maximum absolute atomic E-state index is 12.2. The number of halogens is 1. The second-order valence-corrected chi connectivity index (χ2v) is 6.01. The summed E-state index contributed by atoms with van der Waals surface area (Å²) in [6, 6.07) is 14.9. The first-order valence-corrected chi connectivity index (χ1v) is 7.74. The SMILES string of the molecule is Cc1ccc(-n2c3nc(=O)[nH]c(=O)c-3cc3cccc(Cl)c32)cc1. The number of aromatic nitrogens is 3. The normalized spacial score (nSPS) is 11.2. The Morgan fingerprint density at radius 3 is 2.58 bits per heavy atom. The quantitative estimate of drug-likeness (QED) is 0.542. The minimum atomic E-state index is -0.681. The fourth-order valence-corrected chi connectivity index (χ4v) is 3.11. The molecule has 0 saturated heterocycles. The summed E-state index contributed by atoms with van der Waals surface area (Å²) in [4.78, 5) is 30.2. The van der Waals surface area contributed by atoms with Crippen molar-refractivity contribution in [3.8, 4) is 17.1 Å². The number of nitrogens with zero attached hydrogens (tertiary/aromatic N) is 2. The van der Waals surface area contributed by atoms with Gasteiger partial charge in [-0.15, -0.1) is 0 Å². The van der Waals surface area contributed by atoms with Crippen LogP contribution in [0.1, 0.15) is 5.56 Å². The number of fused-ring (bicyclic) bond motifs is 2. The topological polar surface area (TPSA) is 67.8 Å². The molecule has 0 saturated carbocycles. The number of hydrogen-bond donors (Lipinski definition) is 1. The van der Waals surface area contributed by atoms with Crippen molar-refractivity contribution < 1.29 is 0 Å². The Balaban J connectivity index is 2.27. The summed E-state index contributed by atoms with van der Waals surface area (Å²) >= 11 is 6.41. The van der Waals surface area contributed by atoms with Crippen LogP contribution >= 0.6 is 11.6 Å². The lowest BCUT2D eigenvalue weighted by molar-refractivity contribution is 0.959. The van der Waals surface area contributed by atoms with Crippen molar-refractivity contribution in [3.63, 3.8) is 0 Å². The predicted octanol–water partition coefficient (Wildman–Crippen LogP) is 3.14. The number of nitrogens with one attached hydrogen (secondary N) is 1. The lowest BCUT2D eigenvalue weighted by Crippen LogP contribution is -2.27. The summed E-state index contributed by atoms with van der Waals surface area (Å²) in [5.41, 5.74) is 1.78. The van der Waals surface area contributed by atoms with Gasteiger partial charge >= 0.3 is 5.69 Å². The van der Waals surface area contributed by atoms with E-state index in [1.54, 1.807) is 16.7 Å². The van der Waals surface area contributed by atoms with Crippen LogP contribution in [0.4, 0.5) is 0 Å². The van der Waals surface area contributed by atoms with Gasteiger partial charge in [-0.25, -0.2) is 4.79 Å². The Bertz CT molecular complexity index is 1160. The molecule has 2 aromatic rings. The molecule has 2 heterocycles. The van der Waals surface area contributed by atoms with Gasteiger partial charge in [-0.1, -0.05) is 41.4 Å². The smallest absolute Gasteiger partial charge is 0.292 e. The number of rotatable bonds is 1. The molecule has 1 N–H and O–H groups in total. The average molecular weight is 338 g/mol. The Morgan fingerprint density at radius 1 is 1.08 bits per heavy atom. The zero-order valence-corrected chi connectivity index (χ0v) is 13.5. The van der Waals surface area contributed by atoms with Crippen molar-refractivity contribution in [3.05, 3.63) is 80.0 Å². The minimum Gasteiger partial charge on any atom is -0.292 e. The molecule has 0 aliphatic carbocycles. The minimum absolute atomic E-state index is 0.285. The van der Waals surface area contributed by atoms with Crippen molar-refractivity contribution in [2.45, 2.75) is 6.92 Å². The van der Waals surface area contributed by atoms with Crippen LogP contribution in [-0.2, 0) is 0 Å². The molecule has 0 amide bonds. The summed E-state index contributed by atoms with van der Waals surface area (Å²) in [6.07, 6.45) is 0. The number of hydrogen-bond acceptors (Lipinski definition) is 3. The lowest BCUT2D eigenvalue weighted by atomic mass is 10.1. The molecule has 5 nitrogen and oxygen atoms in total. The van der Waals surface area contributed by atoms with Crippen LogP contribution in [0.5, 0.6) is 0 Å². The van der Waals surface area contributed by atoms with Gasteiger partial charge in [-0.2, -0.15) is 4.98 Å². The summed E-state index contributed by atoms with van der Waals surface area (Å²) in [6.45, 7) is 1.99. The first-order chi connectivity index (χ1) is 11.5. The molecule has 0 aromatic heterocycles. The Labute approximate surface area is 141 Å². The second-order valence-electron chi connectivity index (χ2n) is 5.60. The van der Waals surface area contributed by atoms with E-state index >= 15 is 0 Å². The summed E-state index contributed by atoms with van der Waals surface area (Å²) in [5, 5.41) is 1.31. The van der Waals surface area contributed by atoms with Gasteiger partial charge in [0.05, 0.1) is 16.1 Å². The van der Waals surface area contributed by atoms with E-state index in [9.17, 15) is 9.59 Å². The zero-order valence-electron chi connectivity index (χ0n) is 12.7. The van der Waals surface area contributed by atoms with E-state index in [-0.39, 0.29) is 5.82 Å². The highest BCUT2D eigenvalue weighted by Crippen LogP contribution is 2.31. The van der Waals surface area contributed by atoms with Gasteiger partial charge in [0.25, 0.3) is 5.56 Å². The molecule has 0 radical (unpaired) electrons. The predicted molar refractivity (Wildman–Crippen MR) is 94.3 cm³/mol. The highest BCUT2D eigenvalue weighted by atomic mass is 35.5. The van der Waals surface area contributed by atoms with E-state index in [1.807, 2.05) is 43.3 Å². The first kappa shape index (κ1) is 14.7. The van der Waals surface area contributed by atoms with Gasteiger partial charge in [0, 0.05) is 11.1 Å². The summed E-state index contributed by atoms with van der Waals surface area (Å²) in [7, 11) is 0. The number of H-pyrrole nitrogens is 1. The zero-order chi connectivity index (χ0) is 16.8. The van der Waals surface area contributed by atoms with Gasteiger partial charge < -0.3 is 0 Å². The molecule has 0 atom stereocenters. The molecule has 0 bridgehead atoms. The van der Waals surface area contributed by atoms with Crippen LogP contribution in [-0.4, -0.2) is 14.5 Å². The monoisotopic (exact) mass is 337 g/mol. The summed E-state index contributed by atoms with van der Waals surface area (Å²) in [5.74, 6) is 0.285. The van der Waals surface area contributed by atoms with Crippen molar-refractivity contribution in [1.82, 2.24) is 14.5 Å². The van der Waals surface area contributed by atoms with Crippen LogP contribution in [0.15, 0.2) is 58.1 Å². The van der Waals surface area contributed by atoms with Crippen molar-refractivity contribution in [1.29, 1.82) is 0 Å². The van der Waals surface area contributed by atoms with Gasteiger partial charge in [0.15, 0.2) is 5.82 Å². The molecule has 0 unspecified atom stereocenters. The highest BCUT2D eigenvalue weighted by Gasteiger charge is 2.19. The number of aryl methyl sites for hydroxylation is 1. The summed E-state index contributed by atoms with van der Waals surface area (Å²) < 4.78 is 1.75. The molecule has 4 rings (SSSR count). The second kappa shape index (κ2) is 5.32. The van der Waals surface area contributed by atoms with Gasteiger partial charge in [0.2, 0.25) is 0 Å². The fourth-order valence-electron chi connectivity index (χ4n) is 2.84. The largest absolute Gasteiger partial charge is 0.349 e. The lowest BCUT2D eigenvalue weighted by Gasteiger charge is -2.18. The van der Waals surface area contributed by atoms with Gasteiger partial charge in [0.1, 0.15) is 0 Å². The molecule has 6 heteroatoms. The van der Waals surface area contributed by atoms with Crippen LogP contribution < -0.4 is 11.2 Å². The third-order valence-electron chi connectivity index (χ3n) is 3.96. The third kappa shape index (κ3) is 2.21. The van der Waals surface area contributed by atoms with E-state index in [0.717, 1.165) is 16.6 Å². The average Bonchev–Trinajstić information content (AvgIpc) is 2.55. The third-order valence-corrected chi connectivity index (χ3v) is 4.26. The van der Waals surface area contributed by atoms with Crippen LogP contribution in [0.2, 0.25) is 5.02 Å². The van der Waals surface area contributed by atoms with Crippen molar-refractivity contribution >= 4 is 22.5 Å². The highest BCUT2D eigenvalue weighted by molar-refractivity contribution is 6.35. The molecule has 2 aromatic carbocycles. The van der Waals surface area contributed by atoms with E-state index in [2.05, 4.69) is 9.97 Å². The molecular formula is C18H12ClN3O2. The van der Waals surface area contributed by atoms with Crippen LogP contribution in [0.25, 0.3) is 28.0 Å². The molecule has 2 aliphatic heterocycles. The fraction of sp³-hybridized carbons (Fsp3) is 0.0556. The first-order valence-electron chi connectivity index (χ1n) is 7.36. The maximum atomic E-state index is 12.2. The van der Waals surface area contributed by atoms with Crippen molar-refractivity contribution in [2.75, 3.05) is 0 Å².